The van der Waals surface area contributed by atoms with Crippen molar-refractivity contribution in [3.8, 4) is 0 Å². The summed E-state index contributed by atoms with van der Waals surface area (Å²) in [5.41, 5.74) is 0. The van der Waals surface area contributed by atoms with Crippen LogP contribution in [0.25, 0.3) is 0 Å². The van der Waals surface area contributed by atoms with E-state index in [1.807, 2.05) is 0 Å². The number of amides is 2. The Morgan fingerprint density at radius 1 is 1.19 bits per heavy atom. The van der Waals surface area contributed by atoms with Gasteiger partial charge in [0.05, 0.1) is 6.61 Å². The standard InChI is InChI=1S/C12H21F3N2O4/c1-9(2)17(5-3-4-10(19)20)11(21)16(6-7-18)8-12(13,14)15/h9,18H,3-8H2,1-2H3,(H,19,20). The number of carbonyl (C=O) groups is 2. The topological polar surface area (TPSA) is 81.1 Å². The minimum absolute atomic E-state index is 0.0442. The molecule has 0 radical (unpaired) electrons. The molecule has 124 valence electrons. The Morgan fingerprint density at radius 2 is 1.76 bits per heavy atom. The van der Waals surface area contributed by atoms with Crippen LogP contribution in [0.1, 0.15) is 26.7 Å². The average Bonchev–Trinajstić information content (AvgIpc) is 2.31. The molecule has 0 aromatic heterocycles. The van der Waals surface area contributed by atoms with Gasteiger partial charge in [-0.3, -0.25) is 4.79 Å². The molecule has 0 spiro atoms. The molecule has 0 saturated carbocycles. The predicted octanol–water partition coefficient (Wildman–Crippen LogP) is 1.54. The number of nitrogens with zero attached hydrogens (tertiary/aromatic N) is 2. The summed E-state index contributed by atoms with van der Waals surface area (Å²) in [6.45, 7) is 0.841. The van der Waals surface area contributed by atoms with Crippen molar-refractivity contribution in [2.45, 2.75) is 38.9 Å². The van der Waals surface area contributed by atoms with E-state index in [2.05, 4.69) is 0 Å². The van der Waals surface area contributed by atoms with Crippen molar-refractivity contribution in [2.24, 2.45) is 0 Å². The van der Waals surface area contributed by atoms with Gasteiger partial charge in [0.2, 0.25) is 0 Å². The number of aliphatic hydroxyl groups is 1. The van der Waals surface area contributed by atoms with Gasteiger partial charge in [-0.2, -0.15) is 13.2 Å². The molecule has 6 nitrogen and oxygen atoms in total. The predicted molar refractivity (Wildman–Crippen MR) is 68.8 cm³/mol. The van der Waals surface area contributed by atoms with Gasteiger partial charge >= 0.3 is 18.2 Å². The number of urea groups is 1. The van der Waals surface area contributed by atoms with E-state index in [4.69, 9.17) is 10.2 Å². The Bertz CT molecular complexity index is 348. The molecule has 0 atom stereocenters. The van der Waals surface area contributed by atoms with E-state index in [1.165, 1.54) is 4.90 Å². The second kappa shape index (κ2) is 8.71. The number of aliphatic carboxylic acids is 1. The van der Waals surface area contributed by atoms with E-state index in [0.717, 1.165) is 0 Å². The Balaban J connectivity index is 4.83. The minimum atomic E-state index is -4.56. The van der Waals surface area contributed by atoms with Gasteiger partial charge in [0, 0.05) is 25.6 Å². The molecule has 0 fully saturated rings. The molecule has 21 heavy (non-hydrogen) atoms. The first-order valence-electron chi connectivity index (χ1n) is 6.53. The summed E-state index contributed by atoms with van der Waals surface area (Å²) in [5.74, 6) is -1.03. The van der Waals surface area contributed by atoms with Gasteiger partial charge in [0.25, 0.3) is 0 Å². The zero-order chi connectivity index (χ0) is 16.6. The number of rotatable bonds is 8. The molecular formula is C12H21F3N2O4. The third-order valence-corrected chi connectivity index (χ3v) is 2.67. The first-order valence-corrected chi connectivity index (χ1v) is 6.53. The van der Waals surface area contributed by atoms with Crippen LogP contribution < -0.4 is 0 Å². The zero-order valence-corrected chi connectivity index (χ0v) is 12.1. The lowest BCUT2D eigenvalue weighted by molar-refractivity contribution is -0.142. The molecule has 2 amide bonds. The van der Waals surface area contributed by atoms with Gasteiger partial charge in [-0.25, -0.2) is 4.79 Å². The van der Waals surface area contributed by atoms with E-state index < -0.39 is 37.9 Å². The summed E-state index contributed by atoms with van der Waals surface area (Å²) in [6.07, 6.45) is -4.58. The van der Waals surface area contributed by atoms with Crippen molar-refractivity contribution < 1.29 is 33.0 Å². The zero-order valence-electron chi connectivity index (χ0n) is 12.1. The molecule has 0 aromatic carbocycles. The van der Waals surface area contributed by atoms with Gasteiger partial charge in [0.1, 0.15) is 6.54 Å². The van der Waals surface area contributed by atoms with Crippen LogP contribution in [0.2, 0.25) is 0 Å². The summed E-state index contributed by atoms with van der Waals surface area (Å²) in [7, 11) is 0. The summed E-state index contributed by atoms with van der Waals surface area (Å²) in [5, 5.41) is 17.3. The maximum Gasteiger partial charge on any atom is 0.406 e. The van der Waals surface area contributed by atoms with Gasteiger partial charge in [0.15, 0.2) is 0 Å². The molecule has 0 saturated heterocycles. The summed E-state index contributed by atoms with van der Waals surface area (Å²) >= 11 is 0. The highest BCUT2D eigenvalue weighted by atomic mass is 19.4. The number of carboxylic acid groups (broad SMARTS) is 1. The first-order chi connectivity index (χ1) is 9.58. The van der Waals surface area contributed by atoms with Crippen LogP contribution in [-0.2, 0) is 4.79 Å². The Morgan fingerprint density at radius 3 is 2.14 bits per heavy atom. The van der Waals surface area contributed by atoms with Gasteiger partial charge in [-0.1, -0.05) is 0 Å². The van der Waals surface area contributed by atoms with Crippen molar-refractivity contribution in [3.63, 3.8) is 0 Å². The second-order valence-corrected chi connectivity index (χ2v) is 4.83. The van der Waals surface area contributed by atoms with Crippen molar-refractivity contribution in [1.82, 2.24) is 9.80 Å². The van der Waals surface area contributed by atoms with E-state index in [9.17, 15) is 22.8 Å². The molecule has 0 bridgehead atoms. The number of hydrogen-bond donors (Lipinski definition) is 2. The number of hydrogen-bond acceptors (Lipinski definition) is 3. The first kappa shape index (κ1) is 19.5. The molecule has 0 aliphatic heterocycles. The lowest BCUT2D eigenvalue weighted by atomic mass is 10.2. The van der Waals surface area contributed by atoms with Crippen LogP contribution in [-0.4, -0.2) is 70.5 Å². The van der Waals surface area contributed by atoms with Crippen molar-refractivity contribution in [2.75, 3.05) is 26.2 Å². The van der Waals surface area contributed by atoms with Crippen LogP contribution in [0.3, 0.4) is 0 Å². The summed E-state index contributed by atoms with van der Waals surface area (Å²) < 4.78 is 37.3. The number of alkyl halides is 3. The quantitative estimate of drug-likeness (QED) is 0.712. The fourth-order valence-electron chi connectivity index (χ4n) is 1.74. The third-order valence-electron chi connectivity index (χ3n) is 2.67. The normalized spacial score (nSPS) is 11.6. The molecule has 0 aliphatic carbocycles. The lowest BCUT2D eigenvalue weighted by Crippen LogP contribution is -2.50. The molecule has 9 heteroatoms. The highest BCUT2D eigenvalue weighted by Gasteiger charge is 2.34. The number of carbonyl (C=O) groups excluding carboxylic acids is 1. The Kier molecular flexibility index (Phi) is 8.08. The second-order valence-electron chi connectivity index (χ2n) is 4.83. The van der Waals surface area contributed by atoms with Crippen LogP contribution in [0, 0.1) is 0 Å². The monoisotopic (exact) mass is 314 g/mol. The van der Waals surface area contributed by atoms with Crippen molar-refractivity contribution in [3.05, 3.63) is 0 Å². The number of aliphatic hydroxyl groups excluding tert-OH is 1. The molecule has 0 heterocycles. The lowest BCUT2D eigenvalue weighted by Gasteiger charge is -2.33. The maximum absolute atomic E-state index is 12.4. The molecule has 2 N–H and O–H groups in total. The highest BCUT2D eigenvalue weighted by molar-refractivity contribution is 5.75. The molecule has 0 rings (SSSR count). The van der Waals surface area contributed by atoms with Crippen LogP contribution in [0.5, 0.6) is 0 Å². The molecular weight excluding hydrogens is 293 g/mol. The van der Waals surface area contributed by atoms with Crippen LogP contribution in [0.4, 0.5) is 18.0 Å². The van der Waals surface area contributed by atoms with Crippen LogP contribution in [0.15, 0.2) is 0 Å². The van der Waals surface area contributed by atoms with Gasteiger partial charge < -0.3 is 20.0 Å². The van der Waals surface area contributed by atoms with E-state index >= 15 is 0 Å². The SMILES string of the molecule is CC(C)N(CCCC(=O)O)C(=O)N(CCO)CC(F)(F)F. The molecule has 0 unspecified atom stereocenters. The van der Waals surface area contributed by atoms with Crippen molar-refractivity contribution >= 4 is 12.0 Å². The molecule has 0 aliphatic rings. The summed E-state index contributed by atoms with van der Waals surface area (Å²) in [4.78, 5) is 24.3. The van der Waals surface area contributed by atoms with Crippen LogP contribution >= 0.6 is 0 Å². The fraction of sp³-hybridized carbons (Fsp3) is 0.833. The van der Waals surface area contributed by atoms with Crippen molar-refractivity contribution in [1.29, 1.82) is 0 Å². The minimum Gasteiger partial charge on any atom is -0.481 e. The Hall–Kier alpha value is -1.51. The van der Waals surface area contributed by atoms with Gasteiger partial charge in [-0.15, -0.1) is 0 Å². The maximum atomic E-state index is 12.4. The Labute approximate surface area is 121 Å². The number of halogens is 3. The third kappa shape index (κ3) is 8.38. The highest BCUT2D eigenvalue weighted by Crippen LogP contribution is 2.18. The van der Waals surface area contributed by atoms with E-state index in [1.54, 1.807) is 13.8 Å². The largest absolute Gasteiger partial charge is 0.481 e. The summed E-state index contributed by atoms with van der Waals surface area (Å²) in [6, 6.07) is -1.23. The number of carboxylic acids is 1. The van der Waals surface area contributed by atoms with E-state index in [-0.39, 0.29) is 25.4 Å². The smallest absolute Gasteiger partial charge is 0.406 e. The molecule has 0 aromatic rings. The average molecular weight is 314 g/mol. The van der Waals surface area contributed by atoms with Gasteiger partial charge in [-0.05, 0) is 20.3 Å². The van der Waals surface area contributed by atoms with E-state index in [0.29, 0.717) is 4.90 Å². The fourth-order valence-corrected chi connectivity index (χ4v) is 1.74.